The number of aryl methyl sites for hydroxylation is 1. The topological polar surface area (TPSA) is 136 Å². The Bertz CT molecular complexity index is 1370. The van der Waals surface area contributed by atoms with Gasteiger partial charge in [0.25, 0.3) is 11.5 Å². The van der Waals surface area contributed by atoms with Gasteiger partial charge in [0.05, 0.1) is 6.33 Å². The molecule has 0 saturated carbocycles. The van der Waals surface area contributed by atoms with Crippen molar-refractivity contribution in [1.29, 1.82) is 0 Å². The standard InChI is InChI=1S/C18H15F2N5O7/c1-23-15-14(16(28)24(2)17(23)29)25(8-21-15)6-13(27)30-7-12(26)22-9-3-4-10-11(5-9)32-18(19,20)31-10/h3-5,8H,6-7H2,1-2H3,(H,22,26). The van der Waals surface area contributed by atoms with Gasteiger partial charge in [-0.3, -0.25) is 23.5 Å². The van der Waals surface area contributed by atoms with Crippen molar-refractivity contribution in [3.63, 3.8) is 0 Å². The fourth-order valence-corrected chi connectivity index (χ4v) is 3.07. The molecule has 3 heterocycles. The van der Waals surface area contributed by atoms with E-state index in [0.717, 1.165) is 15.2 Å². The predicted octanol–water partition coefficient (Wildman–Crippen LogP) is -0.0629. The number of rotatable bonds is 5. The van der Waals surface area contributed by atoms with E-state index < -0.39 is 42.6 Å². The van der Waals surface area contributed by atoms with Crippen molar-refractivity contribution < 1.29 is 32.6 Å². The first-order valence-corrected chi connectivity index (χ1v) is 9.02. The van der Waals surface area contributed by atoms with Crippen LogP contribution in [0.25, 0.3) is 11.2 Å². The molecule has 0 fully saturated rings. The molecule has 0 unspecified atom stereocenters. The Balaban J connectivity index is 1.39. The predicted molar refractivity (Wildman–Crippen MR) is 102 cm³/mol. The number of imidazole rings is 1. The molecule has 168 valence electrons. The third-order valence-corrected chi connectivity index (χ3v) is 4.57. The Morgan fingerprint density at radius 1 is 1.16 bits per heavy atom. The smallest absolute Gasteiger partial charge is 0.454 e. The molecular weight excluding hydrogens is 436 g/mol. The van der Waals surface area contributed by atoms with Gasteiger partial charge in [-0.1, -0.05) is 0 Å². The van der Waals surface area contributed by atoms with E-state index in [0.29, 0.717) is 0 Å². The number of nitrogens with one attached hydrogen (secondary N) is 1. The van der Waals surface area contributed by atoms with E-state index in [2.05, 4.69) is 19.8 Å². The van der Waals surface area contributed by atoms with E-state index in [9.17, 15) is 28.0 Å². The Morgan fingerprint density at radius 3 is 2.62 bits per heavy atom. The molecule has 12 nitrogen and oxygen atoms in total. The molecule has 1 aromatic carbocycles. The summed E-state index contributed by atoms with van der Waals surface area (Å²) in [5.74, 6) is -2.03. The van der Waals surface area contributed by atoms with Crippen molar-refractivity contribution in [1.82, 2.24) is 18.7 Å². The number of amides is 1. The number of carbonyl (C=O) groups is 2. The second-order valence-electron chi connectivity index (χ2n) is 6.79. The average Bonchev–Trinajstić information content (AvgIpc) is 3.28. The maximum atomic E-state index is 13.0. The molecule has 0 bridgehead atoms. The normalized spacial score (nSPS) is 13.9. The third-order valence-electron chi connectivity index (χ3n) is 4.57. The molecule has 1 aliphatic heterocycles. The van der Waals surface area contributed by atoms with E-state index in [1.807, 2.05) is 0 Å². The molecule has 3 aromatic rings. The quantitative estimate of drug-likeness (QED) is 0.533. The number of esters is 1. The van der Waals surface area contributed by atoms with Crippen LogP contribution in [-0.2, 0) is 35.0 Å². The van der Waals surface area contributed by atoms with Crippen LogP contribution in [0.4, 0.5) is 14.5 Å². The molecule has 2 aromatic heterocycles. The average molecular weight is 451 g/mol. The Morgan fingerprint density at radius 2 is 1.88 bits per heavy atom. The van der Waals surface area contributed by atoms with Gasteiger partial charge in [-0.2, -0.15) is 0 Å². The van der Waals surface area contributed by atoms with Crippen molar-refractivity contribution in [2.24, 2.45) is 14.1 Å². The summed E-state index contributed by atoms with van der Waals surface area (Å²) >= 11 is 0. The van der Waals surface area contributed by atoms with Crippen LogP contribution in [0, 0.1) is 0 Å². The summed E-state index contributed by atoms with van der Waals surface area (Å²) in [6.07, 6.45) is -2.58. The van der Waals surface area contributed by atoms with Gasteiger partial charge in [-0.25, -0.2) is 9.78 Å². The van der Waals surface area contributed by atoms with E-state index >= 15 is 0 Å². The van der Waals surface area contributed by atoms with Crippen LogP contribution in [0.3, 0.4) is 0 Å². The van der Waals surface area contributed by atoms with Crippen LogP contribution in [0.5, 0.6) is 11.5 Å². The second-order valence-corrected chi connectivity index (χ2v) is 6.79. The highest BCUT2D eigenvalue weighted by Crippen LogP contribution is 2.42. The van der Waals surface area contributed by atoms with Gasteiger partial charge >= 0.3 is 18.0 Å². The van der Waals surface area contributed by atoms with Crippen molar-refractivity contribution in [2.45, 2.75) is 12.8 Å². The molecule has 32 heavy (non-hydrogen) atoms. The number of nitrogens with zero attached hydrogens (tertiary/aromatic N) is 4. The number of anilines is 1. The minimum atomic E-state index is -3.79. The maximum Gasteiger partial charge on any atom is 0.586 e. The van der Waals surface area contributed by atoms with E-state index in [4.69, 9.17) is 4.74 Å². The van der Waals surface area contributed by atoms with Crippen LogP contribution >= 0.6 is 0 Å². The molecule has 0 spiro atoms. The van der Waals surface area contributed by atoms with Crippen molar-refractivity contribution >= 4 is 28.7 Å². The van der Waals surface area contributed by atoms with Gasteiger partial charge in [0.15, 0.2) is 29.3 Å². The molecule has 1 aliphatic rings. The second kappa shape index (κ2) is 7.47. The number of halogens is 2. The lowest BCUT2D eigenvalue weighted by Gasteiger charge is -2.08. The number of fused-ring (bicyclic) bond motifs is 2. The summed E-state index contributed by atoms with van der Waals surface area (Å²) in [6.45, 7) is -1.11. The highest BCUT2D eigenvalue weighted by molar-refractivity contribution is 5.93. The SMILES string of the molecule is Cn1c(=O)c2c(ncn2CC(=O)OCC(=O)Nc2ccc3c(c2)OC(F)(F)O3)n(C)c1=O. The van der Waals surface area contributed by atoms with Gasteiger partial charge in [-0.15, -0.1) is 8.78 Å². The number of carbonyl (C=O) groups excluding carboxylic acids is 2. The molecule has 1 N–H and O–H groups in total. The summed E-state index contributed by atoms with van der Waals surface area (Å²) in [6, 6.07) is 3.63. The van der Waals surface area contributed by atoms with Crippen molar-refractivity contribution in [3.8, 4) is 11.5 Å². The zero-order chi connectivity index (χ0) is 23.2. The first kappa shape index (κ1) is 21.0. The van der Waals surface area contributed by atoms with Gasteiger partial charge < -0.3 is 24.1 Å². The lowest BCUT2D eigenvalue weighted by molar-refractivity contribution is -0.286. The monoisotopic (exact) mass is 451 g/mol. The number of hydrogen-bond acceptors (Lipinski definition) is 8. The minimum Gasteiger partial charge on any atom is -0.454 e. The first-order chi connectivity index (χ1) is 15.1. The van der Waals surface area contributed by atoms with Crippen LogP contribution in [-0.4, -0.2) is 43.5 Å². The lowest BCUT2D eigenvalue weighted by Crippen LogP contribution is -2.37. The summed E-state index contributed by atoms with van der Waals surface area (Å²) in [7, 11) is 2.72. The number of hydrogen-bond donors (Lipinski definition) is 1. The molecule has 14 heteroatoms. The summed E-state index contributed by atoms with van der Waals surface area (Å²) in [4.78, 5) is 52.4. The molecule has 0 atom stereocenters. The van der Waals surface area contributed by atoms with Gasteiger partial charge in [0, 0.05) is 25.8 Å². The molecule has 4 rings (SSSR count). The third kappa shape index (κ3) is 3.77. The fourth-order valence-electron chi connectivity index (χ4n) is 3.07. The van der Waals surface area contributed by atoms with Crippen LogP contribution in [0.2, 0.25) is 0 Å². The highest BCUT2D eigenvalue weighted by atomic mass is 19.3. The van der Waals surface area contributed by atoms with Crippen molar-refractivity contribution in [2.75, 3.05) is 11.9 Å². The van der Waals surface area contributed by atoms with E-state index in [1.165, 1.54) is 37.1 Å². The van der Waals surface area contributed by atoms with Crippen LogP contribution in [0.1, 0.15) is 0 Å². The molecule has 0 saturated heterocycles. The zero-order valence-electron chi connectivity index (χ0n) is 16.6. The summed E-state index contributed by atoms with van der Waals surface area (Å²) in [5, 5.41) is 2.37. The Kier molecular flexibility index (Phi) is 4.91. The van der Waals surface area contributed by atoms with E-state index in [1.54, 1.807) is 0 Å². The number of benzene rings is 1. The van der Waals surface area contributed by atoms with E-state index in [-0.39, 0.29) is 28.4 Å². The van der Waals surface area contributed by atoms with Gasteiger partial charge in [0.1, 0.15) is 6.54 Å². The summed E-state index contributed by atoms with van der Waals surface area (Å²) < 4.78 is 42.8. The number of aromatic nitrogens is 4. The maximum absolute atomic E-state index is 13.0. The lowest BCUT2D eigenvalue weighted by atomic mass is 10.3. The number of ether oxygens (including phenoxy) is 3. The van der Waals surface area contributed by atoms with Crippen molar-refractivity contribution in [3.05, 3.63) is 45.4 Å². The van der Waals surface area contributed by atoms with Crippen LogP contribution < -0.4 is 26.0 Å². The fraction of sp³-hybridized carbons (Fsp3) is 0.278. The van der Waals surface area contributed by atoms with Gasteiger partial charge in [0.2, 0.25) is 0 Å². The highest BCUT2D eigenvalue weighted by Gasteiger charge is 2.43. The molecule has 0 radical (unpaired) electrons. The first-order valence-electron chi connectivity index (χ1n) is 9.02. The summed E-state index contributed by atoms with van der Waals surface area (Å²) in [5.41, 5.74) is -0.972. The number of alkyl halides is 2. The molecule has 0 aliphatic carbocycles. The molecular formula is C18H15F2N5O7. The largest absolute Gasteiger partial charge is 0.586 e. The Labute approximate surface area is 176 Å². The van der Waals surface area contributed by atoms with Gasteiger partial charge in [-0.05, 0) is 12.1 Å². The minimum absolute atomic E-state index is 0.0214. The Hall–Kier alpha value is -4.23. The molecule has 1 amide bonds. The zero-order valence-corrected chi connectivity index (χ0v) is 16.6. The van der Waals surface area contributed by atoms with Crippen LogP contribution in [0.15, 0.2) is 34.1 Å².